The predicted molar refractivity (Wildman–Crippen MR) is 69.3 cm³/mol. The molecule has 0 bridgehead atoms. The van der Waals surface area contributed by atoms with E-state index in [1.54, 1.807) is 13.4 Å². The average molecular weight is 246 g/mol. The zero-order valence-corrected chi connectivity index (χ0v) is 10.7. The van der Waals surface area contributed by atoms with Crippen LogP contribution in [-0.4, -0.2) is 21.9 Å². The van der Waals surface area contributed by atoms with Crippen LogP contribution in [0.3, 0.4) is 0 Å². The van der Waals surface area contributed by atoms with Crippen LogP contribution in [0.1, 0.15) is 24.4 Å². The van der Waals surface area contributed by atoms with Gasteiger partial charge in [-0.15, -0.1) is 0 Å². The monoisotopic (exact) mass is 246 g/mol. The highest BCUT2D eigenvalue weighted by molar-refractivity contribution is 5.36. The Bertz CT molecular complexity index is 509. The fourth-order valence-electron chi connectivity index (χ4n) is 1.99. The highest BCUT2D eigenvalue weighted by atomic mass is 16.5. The number of aromatic nitrogens is 3. The number of para-hydroxylation sites is 1. The molecule has 0 saturated carbocycles. The Morgan fingerprint density at radius 3 is 2.89 bits per heavy atom. The van der Waals surface area contributed by atoms with Gasteiger partial charge in [-0.25, -0.2) is 4.98 Å². The molecule has 2 rings (SSSR count). The molecule has 0 radical (unpaired) electrons. The lowest BCUT2D eigenvalue weighted by Gasteiger charge is -2.15. The van der Waals surface area contributed by atoms with E-state index < -0.39 is 0 Å². The van der Waals surface area contributed by atoms with Gasteiger partial charge in [-0.3, -0.25) is 4.68 Å². The smallest absolute Gasteiger partial charge is 0.138 e. The van der Waals surface area contributed by atoms with E-state index in [2.05, 4.69) is 10.1 Å². The Balaban J connectivity index is 2.19. The molecular formula is C13H18N4O. The van der Waals surface area contributed by atoms with E-state index in [1.165, 1.54) is 0 Å². The molecule has 2 N–H and O–H groups in total. The van der Waals surface area contributed by atoms with Crippen LogP contribution < -0.4 is 10.5 Å². The number of hydrogen-bond donors (Lipinski definition) is 1. The molecule has 0 spiro atoms. The summed E-state index contributed by atoms with van der Waals surface area (Å²) in [5, 5.41) is 4.14. The predicted octanol–water partition coefficient (Wildman–Crippen LogP) is 1.55. The zero-order chi connectivity index (χ0) is 13.0. The van der Waals surface area contributed by atoms with Gasteiger partial charge in [-0.2, -0.15) is 5.10 Å². The van der Waals surface area contributed by atoms with E-state index in [-0.39, 0.29) is 6.04 Å². The van der Waals surface area contributed by atoms with Gasteiger partial charge in [0.1, 0.15) is 17.9 Å². The first-order chi connectivity index (χ1) is 8.76. The fourth-order valence-corrected chi connectivity index (χ4v) is 1.99. The molecule has 1 unspecified atom stereocenters. The molecule has 2 aromatic rings. The molecule has 0 fully saturated rings. The maximum Gasteiger partial charge on any atom is 0.138 e. The molecule has 5 heteroatoms. The van der Waals surface area contributed by atoms with E-state index in [0.717, 1.165) is 23.7 Å². The van der Waals surface area contributed by atoms with Crippen LogP contribution in [0, 0.1) is 0 Å². The molecule has 1 atom stereocenters. The maximum atomic E-state index is 6.23. The summed E-state index contributed by atoms with van der Waals surface area (Å²) in [5.41, 5.74) is 7.22. The second kappa shape index (κ2) is 5.64. The van der Waals surface area contributed by atoms with Crippen molar-refractivity contribution in [1.29, 1.82) is 0 Å². The number of aryl methyl sites for hydroxylation is 1. The summed E-state index contributed by atoms with van der Waals surface area (Å²) < 4.78 is 7.18. The summed E-state index contributed by atoms with van der Waals surface area (Å²) in [5.74, 6) is 1.71. The third-order valence-corrected chi connectivity index (χ3v) is 2.94. The largest absolute Gasteiger partial charge is 0.496 e. The van der Waals surface area contributed by atoms with Crippen molar-refractivity contribution in [2.75, 3.05) is 7.11 Å². The van der Waals surface area contributed by atoms with Gasteiger partial charge in [-0.05, 0) is 13.0 Å². The molecule has 1 aromatic carbocycles. The minimum Gasteiger partial charge on any atom is -0.496 e. The molecule has 1 aromatic heterocycles. The first kappa shape index (κ1) is 12.6. The van der Waals surface area contributed by atoms with Crippen LogP contribution in [0.5, 0.6) is 5.75 Å². The highest BCUT2D eigenvalue weighted by Gasteiger charge is 2.14. The number of nitrogens with zero attached hydrogens (tertiary/aromatic N) is 3. The van der Waals surface area contributed by atoms with E-state index in [1.807, 2.05) is 35.9 Å². The van der Waals surface area contributed by atoms with Gasteiger partial charge >= 0.3 is 0 Å². The van der Waals surface area contributed by atoms with E-state index in [4.69, 9.17) is 10.5 Å². The Kier molecular flexibility index (Phi) is 3.94. The van der Waals surface area contributed by atoms with Gasteiger partial charge in [0.15, 0.2) is 0 Å². The Labute approximate surface area is 107 Å². The van der Waals surface area contributed by atoms with Crippen molar-refractivity contribution < 1.29 is 4.74 Å². The first-order valence-corrected chi connectivity index (χ1v) is 6.01. The molecule has 0 amide bonds. The van der Waals surface area contributed by atoms with Crippen LogP contribution in [0.25, 0.3) is 0 Å². The summed E-state index contributed by atoms with van der Waals surface area (Å²) in [6.45, 7) is 2.83. The molecule has 0 saturated heterocycles. The summed E-state index contributed by atoms with van der Waals surface area (Å²) >= 11 is 0. The summed E-state index contributed by atoms with van der Waals surface area (Å²) in [4.78, 5) is 4.24. The van der Waals surface area contributed by atoms with E-state index >= 15 is 0 Å². The van der Waals surface area contributed by atoms with Crippen LogP contribution in [-0.2, 0) is 13.0 Å². The number of nitrogens with two attached hydrogens (primary N) is 1. The van der Waals surface area contributed by atoms with Crippen LogP contribution in [0.15, 0.2) is 30.6 Å². The quantitative estimate of drug-likeness (QED) is 0.869. The van der Waals surface area contributed by atoms with Gasteiger partial charge in [0.2, 0.25) is 0 Å². The lowest BCUT2D eigenvalue weighted by Crippen LogP contribution is -2.17. The summed E-state index contributed by atoms with van der Waals surface area (Å²) in [6, 6.07) is 7.65. The van der Waals surface area contributed by atoms with Crippen LogP contribution >= 0.6 is 0 Å². The van der Waals surface area contributed by atoms with Crippen LogP contribution in [0.2, 0.25) is 0 Å². The molecule has 0 aliphatic rings. The third-order valence-electron chi connectivity index (χ3n) is 2.94. The number of hydrogen-bond acceptors (Lipinski definition) is 4. The minimum absolute atomic E-state index is 0.143. The maximum absolute atomic E-state index is 6.23. The standard InChI is InChI=1S/C13H18N4O/c1-3-17-13(15-9-16-17)8-11(14)10-6-4-5-7-12(10)18-2/h4-7,9,11H,3,8,14H2,1-2H3. The number of benzene rings is 1. The Hall–Kier alpha value is -1.88. The molecule has 96 valence electrons. The number of ether oxygens (including phenoxy) is 1. The van der Waals surface area contributed by atoms with Crippen LogP contribution in [0.4, 0.5) is 0 Å². The SMILES string of the molecule is CCn1ncnc1CC(N)c1ccccc1OC. The molecule has 0 aliphatic carbocycles. The number of rotatable bonds is 5. The van der Waals surface area contributed by atoms with Crippen molar-refractivity contribution in [1.82, 2.24) is 14.8 Å². The second-order valence-corrected chi connectivity index (χ2v) is 4.04. The highest BCUT2D eigenvalue weighted by Crippen LogP contribution is 2.25. The van der Waals surface area contributed by atoms with E-state index in [0.29, 0.717) is 6.42 Å². The van der Waals surface area contributed by atoms with Crippen molar-refractivity contribution >= 4 is 0 Å². The second-order valence-electron chi connectivity index (χ2n) is 4.04. The van der Waals surface area contributed by atoms with Gasteiger partial charge in [0.05, 0.1) is 7.11 Å². The fraction of sp³-hybridized carbons (Fsp3) is 0.385. The molecule has 0 aliphatic heterocycles. The van der Waals surface area contributed by atoms with Crippen molar-refractivity contribution in [3.63, 3.8) is 0 Å². The lowest BCUT2D eigenvalue weighted by molar-refractivity contribution is 0.404. The third kappa shape index (κ3) is 2.51. The minimum atomic E-state index is -0.143. The number of methoxy groups -OCH3 is 1. The topological polar surface area (TPSA) is 66.0 Å². The summed E-state index contributed by atoms with van der Waals surface area (Å²) in [6.07, 6.45) is 2.21. The molecule has 1 heterocycles. The Morgan fingerprint density at radius 2 is 2.17 bits per heavy atom. The average Bonchev–Trinajstić information content (AvgIpc) is 2.85. The van der Waals surface area contributed by atoms with Gasteiger partial charge in [0.25, 0.3) is 0 Å². The molecule has 5 nitrogen and oxygen atoms in total. The van der Waals surface area contributed by atoms with Gasteiger partial charge in [0, 0.05) is 24.6 Å². The molecular weight excluding hydrogens is 228 g/mol. The van der Waals surface area contributed by atoms with Crippen molar-refractivity contribution in [2.45, 2.75) is 25.9 Å². The van der Waals surface area contributed by atoms with Gasteiger partial charge < -0.3 is 10.5 Å². The lowest BCUT2D eigenvalue weighted by atomic mass is 10.0. The van der Waals surface area contributed by atoms with E-state index in [9.17, 15) is 0 Å². The Morgan fingerprint density at radius 1 is 1.39 bits per heavy atom. The van der Waals surface area contributed by atoms with Crippen molar-refractivity contribution in [3.8, 4) is 5.75 Å². The zero-order valence-electron chi connectivity index (χ0n) is 10.7. The van der Waals surface area contributed by atoms with Crippen molar-refractivity contribution in [2.24, 2.45) is 5.73 Å². The first-order valence-electron chi connectivity index (χ1n) is 6.01. The summed E-state index contributed by atoms with van der Waals surface area (Å²) in [7, 11) is 1.65. The molecule has 18 heavy (non-hydrogen) atoms. The van der Waals surface area contributed by atoms with Crippen molar-refractivity contribution in [3.05, 3.63) is 42.0 Å². The van der Waals surface area contributed by atoms with Gasteiger partial charge in [-0.1, -0.05) is 18.2 Å². The normalized spacial score (nSPS) is 12.4.